The number of nitrogens with zero attached hydrogens (tertiary/aromatic N) is 1. The number of esters is 3. The third-order valence-electron chi connectivity index (χ3n) is 4.92. The van der Waals surface area contributed by atoms with E-state index in [0.29, 0.717) is 28.5 Å². The second kappa shape index (κ2) is 12.9. The highest BCUT2D eigenvalue weighted by molar-refractivity contribution is 7.99. The maximum atomic E-state index is 13.0. The third-order valence-corrected chi connectivity index (χ3v) is 6.01. The summed E-state index contributed by atoms with van der Waals surface area (Å²) in [5, 5.41) is 0. The fourth-order valence-corrected chi connectivity index (χ4v) is 4.57. The van der Waals surface area contributed by atoms with Gasteiger partial charge in [0, 0.05) is 5.75 Å². The lowest BCUT2D eigenvalue weighted by Gasteiger charge is -2.09. The molecule has 3 rings (SSSR count). The Balaban J connectivity index is 2.04. The van der Waals surface area contributed by atoms with Crippen LogP contribution in [0.1, 0.15) is 53.6 Å². The van der Waals surface area contributed by atoms with E-state index in [1.165, 1.54) is 11.8 Å². The van der Waals surface area contributed by atoms with Crippen molar-refractivity contribution in [3.05, 3.63) is 65.5 Å². The Morgan fingerprint density at radius 2 is 1.54 bits per heavy atom. The van der Waals surface area contributed by atoms with Crippen molar-refractivity contribution in [2.75, 3.05) is 25.6 Å². The number of pyridine rings is 1. The second-order valence-electron chi connectivity index (χ2n) is 7.29. The van der Waals surface area contributed by atoms with Crippen LogP contribution in [0, 0.1) is 0 Å². The van der Waals surface area contributed by atoms with Crippen molar-refractivity contribution >= 4 is 35.2 Å². The lowest BCUT2D eigenvalue weighted by Crippen LogP contribution is -2.11. The van der Waals surface area contributed by atoms with E-state index in [-0.39, 0.29) is 43.5 Å². The minimum absolute atomic E-state index is 0.126. The van der Waals surface area contributed by atoms with Gasteiger partial charge in [0.05, 0.1) is 48.4 Å². The van der Waals surface area contributed by atoms with Crippen molar-refractivity contribution in [2.45, 2.75) is 38.7 Å². The number of hydrogen-bond donors (Lipinski definition) is 0. The molecule has 2 heterocycles. The number of aromatic nitrogens is 1. The molecule has 2 aromatic heterocycles. The Morgan fingerprint density at radius 1 is 0.857 bits per heavy atom. The van der Waals surface area contributed by atoms with E-state index < -0.39 is 11.9 Å². The molecule has 0 aliphatic carbocycles. The molecule has 0 atom stereocenters. The van der Waals surface area contributed by atoms with Gasteiger partial charge >= 0.3 is 17.9 Å². The van der Waals surface area contributed by atoms with Crippen molar-refractivity contribution in [1.29, 1.82) is 0 Å². The van der Waals surface area contributed by atoms with E-state index >= 15 is 0 Å². The quantitative estimate of drug-likeness (QED) is 0.197. The van der Waals surface area contributed by atoms with Crippen molar-refractivity contribution in [2.24, 2.45) is 0 Å². The van der Waals surface area contributed by atoms with Gasteiger partial charge in [0.2, 0.25) is 0 Å². The van der Waals surface area contributed by atoms with E-state index in [1.54, 1.807) is 43.5 Å². The first-order chi connectivity index (χ1) is 17.0. The number of ether oxygens (including phenoxy) is 4. The van der Waals surface area contributed by atoms with E-state index in [4.69, 9.17) is 18.9 Å². The molecule has 0 bridgehead atoms. The number of hydrogen-bond acceptors (Lipinski definition) is 8. The molecule has 9 heteroatoms. The van der Waals surface area contributed by atoms with Gasteiger partial charge in [0.15, 0.2) is 0 Å². The van der Waals surface area contributed by atoms with Crippen molar-refractivity contribution in [3.63, 3.8) is 0 Å². The molecule has 35 heavy (non-hydrogen) atoms. The average Bonchev–Trinajstić information content (AvgIpc) is 3.17. The van der Waals surface area contributed by atoms with Gasteiger partial charge in [-0.05, 0) is 38.5 Å². The molecule has 186 valence electrons. The molecule has 0 unspecified atom stereocenters. The lowest BCUT2D eigenvalue weighted by molar-refractivity contribution is -0.142. The summed E-state index contributed by atoms with van der Waals surface area (Å²) in [5.74, 6) is -0.670. The first-order valence-electron chi connectivity index (χ1n) is 11.5. The van der Waals surface area contributed by atoms with Crippen LogP contribution in [-0.2, 0) is 25.6 Å². The van der Waals surface area contributed by atoms with E-state index in [9.17, 15) is 14.4 Å². The van der Waals surface area contributed by atoms with Crippen LogP contribution in [0.5, 0.6) is 5.75 Å². The number of carbonyl (C=O) groups is 3. The van der Waals surface area contributed by atoms with Crippen LogP contribution in [0.2, 0.25) is 0 Å². The van der Waals surface area contributed by atoms with Crippen molar-refractivity contribution < 1.29 is 33.3 Å². The van der Waals surface area contributed by atoms with Crippen molar-refractivity contribution in [1.82, 2.24) is 4.40 Å². The molecule has 0 aliphatic rings. The average molecular weight is 500 g/mol. The molecule has 0 N–H and O–H groups in total. The lowest BCUT2D eigenvalue weighted by atomic mass is 10.2. The Bertz CT molecular complexity index is 1170. The standard InChI is InChI=1S/C26H29NO7S/c1-4-31-21(28)14-15-35-24-22(25(29)32-5-2)20-13-12-19(34-17-18-10-8-7-9-11-18)16-27(20)23(24)26(30)33-6-3/h7-13,16H,4-6,14-15,17H2,1-3H3. The third kappa shape index (κ3) is 6.57. The predicted octanol–water partition coefficient (Wildman–Crippen LogP) is 4.92. The van der Waals surface area contributed by atoms with Gasteiger partial charge in [-0.1, -0.05) is 30.3 Å². The summed E-state index contributed by atoms with van der Waals surface area (Å²) in [5.41, 5.74) is 1.91. The zero-order chi connectivity index (χ0) is 25.2. The predicted molar refractivity (Wildman–Crippen MR) is 132 cm³/mol. The first-order valence-corrected chi connectivity index (χ1v) is 12.5. The second-order valence-corrected chi connectivity index (χ2v) is 8.40. The van der Waals surface area contributed by atoms with Crippen LogP contribution in [0.15, 0.2) is 53.6 Å². The van der Waals surface area contributed by atoms with Gasteiger partial charge in [-0.2, -0.15) is 0 Å². The number of fused-ring (bicyclic) bond motifs is 1. The molecule has 1 aromatic carbocycles. The summed E-state index contributed by atoms with van der Waals surface area (Å²) >= 11 is 1.21. The van der Waals surface area contributed by atoms with E-state index in [1.807, 2.05) is 30.3 Å². The molecular weight excluding hydrogens is 470 g/mol. The highest BCUT2D eigenvalue weighted by Gasteiger charge is 2.29. The van der Waals surface area contributed by atoms with Gasteiger partial charge < -0.3 is 23.3 Å². The Kier molecular flexibility index (Phi) is 9.60. The Morgan fingerprint density at radius 3 is 2.23 bits per heavy atom. The van der Waals surface area contributed by atoms with E-state index in [2.05, 4.69) is 0 Å². The number of rotatable bonds is 12. The van der Waals surface area contributed by atoms with Gasteiger partial charge in [0.25, 0.3) is 0 Å². The molecule has 0 fully saturated rings. The molecule has 0 spiro atoms. The minimum Gasteiger partial charge on any atom is -0.487 e. The molecule has 0 aliphatic heterocycles. The van der Waals surface area contributed by atoms with Crippen LogP contribution >= 0.6 is 11.8 Å². The molecule has 3 aromatic rings. The Hall–Kier alpha value is -3.46. The summed E-state index contributed by atoms with van der Waals surface area (Å²) in [6.45, 7) is 6.13. The van der Waals surface area contributed by atoms with Crippen LogP contribution in [0.4, 0.5) is 0 Å². The molecule has 8 nitrogen and oxygen atoms in total. The maximum Gasteiger partial charge on any atom is 0.356 e. The van der Waals surface area contributed by atoms with Crippen molar-refractivity contribution in [3.8, 4) is 5.75 Å². The summed E-state index contributed by atoms with van der Waals surface area (Å²) < 4.78 is 23.1. The summed E-state index contributed by atoms with van der Waals surface area (Å²) in [6, 6.07) is 13.1. The molecule has 0 amide bonds. The normalized spacial score (nSPS) is 10.7. The van der Waals surface area contributed by atoms with Crippen LogP contribution in [0.3, 0.4) is 0 Å². The summed E-state index contributed by atoms with van der Waals surface area (Å²) in [6.07, 6.45) is 1.78. The maximum absolute atomic E-state index is 13.0. The van der Waals surface area contributed by atoms with Crippen LogP contribution in [0.25, 0.3) is 5.52 Å². The molecule has 0 saturated carbocycles. The highest BCUT2D eigenvalue weighted by atomic mass is 32.2. The Labute approximate surface area is 208 Å². The largest absolute Gasteiger partial charge is 0.487 e. The van der Waals surface area contributed by atoms with Gasteiger partial charge in [-0.15, -0.1) is 11.8 Å². The number of benzene rings is 1. The SMILES string of the molecule is CCOC(=O)CCSc1c(C(=O)OCC)c2ccc(OCc3ccccc3)cn2c1C(=O)OCC. The number of carbonyl (C=O) groups excluding carboxylic acids is 3. The fraction of sp³-hybridized carbons (Fsp3) is 0.346. The fourth-order valence-electron chi connectivity index (χ4n) is 3.44. The van der Waals surface area contributed by atoms with Gasteiger partial charge in [-0.3, -0.25) is 4.79 Å². The monoisotopic (exact) mass is 499 g/mol. The van der Waals surface area contributed by atoms with Crippen LogP contribution < -0.4 is 4.74 Å². The van der Waals surface area contributed by atoms with Gasteiger partial charge in [0.1, 0.15) is 18.1 Å². The topological polar surface area (TPSA) is 92.5 Å². The summed E-state index contributed by atoms with van der Waals surface area (Å²) in [7, 11) is 0. The first kappa shape index (κ1) is 26.2. The number of thioether (sulfide) groups is 1. The highest BCUT2D eigenvalue weighted by Crippen LogP contribution is 2.35. The molecule has 0 saturated heterocycles. The smallest absolute Gasteiger partial charge is 0.356 e. The van der Waals surface area contributed by atoms with Gasteiger partial charge in [-0.25, -0.2) is 9.59 Å². The molecular formula is C26H29NO7S. The zero-order valence-electron chi connectivity index (χ0n) is 20.1. The zero-order valence-corrected chi connectivity index (χ0v) is 20.9. The van der Waals surface area contributed by atoms with E-state index in [0.717, 1.165) is 5.56 Å². The van der Waals surface area contributed by atoms with Crippen LogP contribution in [-0.4, -0.2) is 47.9 Å². The molecule has 0 radical (unpaired) electrons. The minimum atomic E-state index is -0.586. The summed E-state index contributed by atoms with van der Waals surface area (Å²) in [4.78, 5) is 38.2.